The monoisotopic (exact) mass is 338 g/mol. The zero-order valence-electron chi connectivity index (χ0n) is 12.5. The van der Waals surface area contributed by atoms with Gasteiger partial charge in [0.25, 0.3) is 5.91 Å². The Morgan fingerprint density at radius 3 is 2.73 bits per heavy atom. The summed E-state index contributed by atoms with van der Waals surface area (Å²) in [4.78, 5) is 25.4. The minimum Gasteiger partial charge on any atom is -0.548 e. The molecule has 2 heterocycles. The first-order chi connectivity index (χ1) is 10.3. The van der Waals surface area contributed by atoms with Crippen LogP contribution in [0.1, 0.15) is 31.8 Å². The molecule has 1 aliphatic rings. The summed E-state index contributed by atoms with van der Waals surface area (Å²) in [5, 5.41) is 11.4. The van der Waals surface area contributed by atoms with E-state index >= 15 is 0 Å². The van der Waals surface area contributed by atoms with Crippen LogP contribution in [0.15, 0.2) is 21.5 Å². The molecule has 2 atom stereocenters. The van der Waals surface area contributed by atoms with Crippen molar-refractivity contribution in [3.8, 4) is 0 Å². The highest BCUT2D eigenvalue weighted by Crippen LogP contribution is 2.35. The van der Waals surface area contributed by atoms with E-state index in [4.69, 9.17) is 16.6 Å². The van der Waals surface area contributed by atoms with Gasteiger partial charge in [-0.05, 0) is 25.0 Å². The average molecular weight is 338 g/mol. The smallest absolute Gasteiger partial charge is 0.266 e. The number of carboxylic acids is 1. The normalized spacial score (nSPS) is 19.8. The third-order valence-electron chi connectivity index (χ3n) is 3.56. The standard InChI is InChI=1S/C15H17NO4S2/c1-4-8(2)12(14(18)19)16-13(17)11(22-15(16)21)7-10-6-5-9(3)20-10/h5-8,12H,4H2,1-3H3,(H,18,19)/p-1/b11-7+/t8-,12+/m1/s1. The molecule has 1 saturated heterocycles. The van der Waals surface area contributed by atoms with E-state index < -0.39 is 17.9 Å². The maximum atomic E-state index is 12.5. The van der Waals surface area contributed by atoms with Crippen molar-refractivity contribution in [2.75, 3.05) is 0 Å². The van der Waals surface area contributed by atoms with Gasteiger partial charge in [-0.15, -0.1) is 0 Å². The number of furan rings is 1. The van der Waals surface area contributed by atoms with Gasteiger partial charge in [0.05, 0.1) is 16.9 Å². The molecule has 0 unspecified atom stereocenters. The number of hydrogen-bond acceptors (Lipinski definition) is 6. The van der Waals surface area contributed by atoms with Crippen molar-refractivity contribution in [2.45, 2.75) is 33.2 Å². The number of thioether (sulfide) groups is 1. The van der Waals surface area contributed by atoms with E-state index in [0.29, 0.717) is 17.1 Å². The molecule has 7 heteroatoms. The van der Waals surface area contributed by atoms with Gasteiger partial charge in [0.15, 0.2) is 0 Å². The number of hydrogen-bond donors (Lipinski definition) is 0. The molecule has 118 valence electrons. The Bertz CT molecular complexity index is 650. The molecule has 0 saturated carbocycles. The molecule has 0 aromatic carbocycles. The third-order valence-corrected chi connectivity index (χ3v) is 4.89. The van der Waals surface area contributed by atoms with E-state index in [2.05, 4.69) is 0 Å². The molecule has 0 bridgehead atoms. The van der Waals surface area contributed by atoms with E-state index in [1.807, 2.05) is 6.92 Å². The van der Waals surface area contributed by atoms with Crippen LogP contribution in [0.2, 0.25) is 0 Å². The van der Waals surface area contributed by atoms with Gasteiger partial charge < -0.3 is 14.3 Å². The zero-order valence-corrected chi connectivity index (χ0v) is 14.1. The van der Waals surface area contributed by atoms with Crippen LogP contribution in [0.5, 0.6) is 0 Å². The second kappa shape index (κ2) is 6.66. The fourth-order valence-corrected chi connectivity index (χ4v) is 3.50. The molecule has 0 spiro atoms. The molecular weight excluding hydrogens is 322 g/mol. The second-order valence-corrected chi connectivity index (χ2v) is 6.83. The molecule has 1 amide bonds. The number of rotatable bonds is 5. The molecule has 22 heavy (non-hydrogen) atoms. The lowest BCUT2D eigenvalue weighted by Crippen LogP contribution is -2.53. The molecular formula is C15H16NO4S2-. The number of thiocarbonyl (C=S) groups is 1. The summed E-state index contributed by atoms with van der Waals surface area (Å²) in [5.74, 6) is -0.697. The number of carbonyl (C=O) groups is 2. The Labute approximate surface area is 138 Å². The summed E-state index contributed by atoms with van der Waals surface area (Å²) in [6, 6.07) is 2.48. The number of aliphatic carboxylic acids is 1. The van der Waals surface area contributed by atoms with Gasteiger partial charge in [-0.25, -0.2) is 0 Å². The summed E-state index contributed by atoms with van der Waals surface area (Å²) in [6.07, 6.45) is 2.18. The molecule has 2 rings (SSSR count). The zero-order chi connectivity index (χ0) is 16.4. The molecule has 1 aliphatic heterocycles. The third kappa shape index (κ3) is 3.25. The molecule has 1 aromatic rings. The summed E-state index contributed by atoms with van der Waals surface area (Å²) in [6.45, 7) is 5.43. The summed E-state index contributed by atoms with van der Waals surface area (Å²) in [7, 11) is 0. The lowest BCUT2D eigenvalue weighted by Gasteiger charge is -2.32. The molecule has 0 N–H and O–H groups in total. The van der Waals surface area contributed by atoms with E-state index in [9.17, 15) is 14.7 Å². The van der Waals surface area contributed by atoms with Gasteiger partial charge >= 0.3 is 0 Å². The summed E-state index contributed by atoms with van der Waals surface area (Å²) in [5.41, 5.74) is 0. The number of carboxylic acid groups (broad SMARTS) is 1. The van der Waals surface area contributed by atoms with Gasteiger partial charge in [0, 0.05) is 6.08 Å². The minimum absolute atomic E-state index is 0.231. The largest absolute Gasteiger partial charge is 0.548 e. The van der Waals surface area contributed by atoms with Gasteiger partial charge in [-0.1, -0.05) is 44.2 Å². The van der Waals surface area contributed by atoms with Crippen LogP contribution in [0.4, 0.5) is 0 Å². The number of aryl methyl sites for hydroxylation is 1. The summed E-state index contributed by atoms with van der Waals surface area (Å²) >= 11 is 6.26. The number of amides is 1. The first kappa shape index (κ1) is 16.8. The Balaban J connectivity index is 2.32. The topological polar surface area (TPSA) is 73.6 Å². The van der Waals surface area contributed by atoms with Crippen molar-refractivity contribution in [2.24, 2.45) is 5.92 Å². The van der Waals surface area contributed by atoms with Gasteiger partial charge in [-0.2, -0.15) is 0 Å². The SMILES string of the molecule is CC[C@@H](C)[C@@H](C(=O)[O-])N1C(=O)/C(=C\c2ccc(C)o2)SC1=S. The van der Waals surface area contributed by atoms with Crippen molar-refractivity contribution in [3.63, 3.8) is 0 Å². The molecule has 1 aromatic heterocycles. The van der Waals surface area contributed by atoms with E-state index in [0.717, 1.165) is 22.4 Å². The quantitative estimate of drug-likeness (QED) is 0.603. The fraction of sp³-hybridized carbons (Fsp3) is 0.400. The van der Waals surface area contributed by atoms with Gasteiger partial charge in [-0.3, -0.25) is 9.69 Å². The molecule has 0 aliphatic carbocycles. The van der Waals surface area contributed by atoms with Crippen LogP contribution in [-0.4, -0.2) is 27.1 Å². The molecule has 1 fully saturated rings. The van der Waals surface area contributed by atoms with Crippen LogP contribution in [0.25, 0.3) is 6.08 Å². The number of nitrogens with zero attached hydrogens (tertiary/aromatic N) is 1. The highest BCUT2D eigenvalue weighted by atomic mass is 32.2. The highest BCUT2D eigenvalue weighted by Gasteiger charge is 2.39. The van der Waals surface area contributed by atoms with E-state index in [1.165, 1.54) is 0 Å². The van der Waals surface area contributed by atoms with Crippen LogP contribution in [0.3, 0.4) is 0 Å². The van der Waals surface area contributed by atoms with Crippen LogP contribution < -0.4 is 5.11 Å². The Hall–Kier alpha value is -1.60. The Kier molecular flexibility index (Phi) is 5.08. The molecule has 5 nitrogen and oxygen atoms in total. The average Bonchev–Trinajstić information content (AvgIpc) is 2.97. The van der Waals surface area contributed by atoms with Crippen molar-refractivity contribution < 1.29 is 19.1 Å². The Morgan fingerprint density at radius 1 is 1.55 bits per heavy atom. The maximum Gasteiger partial charge on any atom is 0.266 e. The van der Waals surface area contributed by atoms with Crippen LogP contribution >= 0.6 is 24.0 Å². The highest BCUT2D eigenvalue weighted by molar-refractivity contribution is 8.26. The predicted octanol–water partition coefficient (Wildman–Crippen LogP) is 1.95. The first-order valence-corrected chi connectivity index (χ1v) is 8.12. The van der Waals surface area contributed by atoms with Crippen molar-refractivity contribution in [1.82, 2.24) is 4.90 Å². The second-order valence-electron chi connectivity index (χ2n) is 5.15. The van der Waals surface area contributed by atoms with Crippen molar-refractivity contribution in [3.05, 3.63) is 28.6 Å². The first-order valence-electron chi connectivity index (χ1n) is 6.89. The van der Waals surface area contributed by atoms with Crippen LogP contribution in [-0.2, 0) is 9.59 Å². The van der Waals surface area contributed by atoms with Crippen molar-refractivity contribution >= 4 is 46.3 Å². The predicted molar refractivity (Wildman–Crippen MR) is 86.7 cm³/mol. The van der Waals surface area contributed by atoms with E-state index in [-0.39, 0.29) is 10.2 Å². The summed E-state index contributed by atoms with van der Waals surface area (Å²) < 4.78 is 5.64. The molecule has 0 radical (unpaired) electrons. The van der Waals surface area contributed by atoms with Crippen molar-refractivity contribution in [1.29, 1.82) is 0 Å². The van der Waals surface area contributed by atoms with E-state index in [1.54, 1.807) is 32.1 Å². The fourth-order valence-electron chi connectivity index (χ4n) is 2.20. The maximum absolute atomic E-state index is 12.5. The van der Waals surface area contributed by atoms with Gasteiger partial charge in [0.2, 0.25) is 0 Å². The minimum atomic E-state index is -1.29. The number of carbonyl (C=O) groups excluding carboxylic acids is 2. The lowest BCUT2D eigenvalue weighted by molar-refractivity contribution is -0.311. The lowest BCUT2D eigenvalue weighted by atomic mass is 9.98. The van der Waals surface area contributed by atoms with Gasteiger partial charge in [0.1, 0.15) is 15.8 Å². The van der Waals surface area contributed by atoms with Crippen LogP contribution in [0, 0.1) is 12.8 Å². The Morgan fingerprint density at radius 2 is 2.23 bits per heavy atom.